The fourth-order valence-corrected chi connectivity index (χ4v) is 2.88. The van der Waals surface area contributed by atoms with Gasteiger partial charge in [0.25, 0.3) is 5.91 Å². The molecule has 0 fully saturated rings. The highest BCUT2D eigenvalue weighted by atomic mass is 35.5. The highest BCUT2D eigenvalue weighted by Gasteiger charge is 2.11. The van der Waals surface area contributed by atoms with Crippen molar-refractivity contribution in [2.45, 2.75) is 6.54 Å². The zero-order valence-corrected chi connectivity index (χ0v) is 14.8. The third-order valence-corrected chi connectivity index (χ3v) is 4.00. The van der Waals surface area contributed by atoms with Gasteiger partial charge in [0.05, 0.1) is 23.6 Å². The Morgan fingerprint density at radius 1 is 1.28 bits per heavy atom. The maximum Gasteiger partial charge on any atom is 0.251 e. The van der Waals surface area contributed by atoms with Crippen molar-refractivity contribution in [1.29, 1.82) is 5.26 Å². The van der Waals surface area contributed by atoms with Gasteiger partial charge in [0.2, 0.25) is 10.0 Å². The van der Waals surface area contributed by atoms with Crippen LogP contribution < -0.4 is 15.8 Å². The van der Waals surface area contributed by atoms with E-state index in [0.717, 1.165) is 6.26 Å². The Bertz CT molecular complexity index is 968. The van der Waals surface area contributed by atoms with Crippen LogP contribution in [0.4, 0.5) is 11.4 Å². The fourth-order valence-electron chi connectivity index (χ4n) is 2.10. The molecule has 0 heterocycles. The van der Waals surface area contributed by atoms with Crippen LogP contribution in [-0.4, -0.2) is 20.6 Å². The van der Waals surface area contributed by atoms with E-state index in [1.165, 1.54) is 24.3 Å². The van der Waals surface area contributed by atoms with Crippen LogP contribution in [0.15, 0.2) is 36.4 Å². The molecule has 25 heavy (non-hydrogen) atoms. The number of nitrogens with two attached hydrogens (primary N) is 1. The third-order valence-electron chi connectivity index (χ3n) is 3.18. The van der Waals surface area contributed by atoms with Gasteiger partial charge in [-0.05, 0) is 35.9 Å². The van der Waals surface area contributed by atoms with E-state index in [1.54, 1.807) is 12.1 Å². The van der Waals surface area contributed by atoms with E-state index in [9.17, 15) is 13.2 Å². The van der Waals surface area contributed by atoms with E-state index in [1.807, 2.05) is 6.07 Å². The van der Waals surface area contributed by atoms with Crippen molar-refractivity contribution in [2.24, 2.45) is 0 Å². The summed E-state index contributed by atoms with van der Waals surface area (Å²) in [7, 11) is -3.49. The number of nitrogen functional groups attached to an aromatic ring is 1. The zero-order chi connectivity index (χ0) is 18.6. The number of carbonyl (C=O) groups is 1. The Labute approximate surface area is 150 Å². The van der Waals surface area contributed by atoms with Gasteiger partial charge in [-0.1, -0.05) is 17.7 Å². The van der Waals surface area contributed by atoms with Crippen molar-refractivity contribution >= 4 is 38.9 Å². The number of nitrogens with zero attached hydrogens (tertiary/aromatic N) is 1. The van der Waals surface area contributed by atoms with Crippen LogP contribution in [0.2, 0.25) is 5.02 Å². The standard InChI is InChI=1S/C16H15ClN4O3S/c1-25(23,24)21-14-6-12(5-13(17)7-14)16(22)20-9-11-3-2-10(8-18)4-15(11)19/h2-7,21H,9,19H2,1H3,(H,20,22). The lowest BCUT2D eigenvalue weighted by Gasteiger charge is -2.10. The number of sulfonamides is 1. The molecule has 1 amide bonds. The first-order valence-corrected chi connectivity index (χ1v) is 9.30. The quantitative estimate of drug-likeness (QED) is 0.687. The van der Waals surface area contributed by atoms with Gasteiger partial charge in [-0.3, -0.25) is 9.52 Å². The minimum Gasteiger partial charge on any atom is -0.398 e. The van der Waals surface area contributed by atoms with Gasteiger partial charge < -0.3 is 11.1 Å². The minimum atomic E-state index is -3.49. The summed E-state index contributed by atoms with van der Waals surface area (Å²) in [5, 5.41) is 11.7. The molecule has 2 aromatic carbocycles. The number of anilines is 2. The summed E-state index contributed by atoms with van der Waals surface area (Å²) in [6.45, 7) is 0.151. The second-order valence-corrected chi connectivity index (χ2v) is 7.50. The lowest BCUT2D eigenvalue weighted by atomic mass is 10.1. The molecule has 0 aliphatic carbocycles. The average molecular weight is 379 g/mol. The first-order valence-electron chi connectivity index (χ1n) is 7.03. The van der Waals surface area contributed by atoms with Crippen molar-refractivity contribution < 1.29 is 13.2 Å². The molecule has 130 valence electrons. The molecule has 2 rings (SSSR count). The number of nitriles is 1. The minimum absolute atomic E-state index is 0.151. The Balaban J connectivity index is 2.14. The lowest BCUT2D eigenvalue weighted by Crippen LogP contribution is -2.23. The topological polar surface area (TPSA) is 125 Å². The van der Waals surface area contributed by atoms with Gasteiger partial charge in [0.1, 0.15) is 0 Å². The van der Waals surface area contributed by atoms with E-state index >= 15 is 0 Å². The SMILES string of the molecule is CS(=O)(=O)Nc1cc(Cl)cc(C(=O)NCc2ccc(C#N)cc2N)c1. The summed E-state index contributed by atoms with van der Waals surface area (Å²) in [6, 6.07) is 11.0. The molecular weight excluding hydrogens is 364 g/mol. The molecule has 9 heteroatoms. The van der Waals surface area contributed by atoms with Crippen molar-refractivity contribution in [1.82, 2.24) is 5.32 Å². The normalized spacial score (nSPS) is 10.8. The summed E-state index contributed by atoms with van der Waals surface area (Å²) in [5.74, 6) is -0.442. The van der Waals surface area contributed by atoms with Gasteiger partial charge in [-0.15, -0.1) is 0 Å². The van der Waals surface area contributed by atoms with Gasteiger partial charge in [0.15, 0.2) is 0 Å². The predicted molar refractivity (Wildman–Crippen MR) is 96.7 cm³/mol. The van der Waals surface area contributed by atoms with Crippen molar-refractivity contribution in [2.75, 3.05) is 16.7 Å². The van der Waals surface area contributed by atoms with Crippen LogP contribution in [0, 0.1) is 11.3 Å². The second kappa shape index (κ2) is 7.42. The highest BCUT2D eigenvalue weighted by molar-refractivity contribution is 7.92. The van der Waals surface area contributed by atoms with E-state index in [0.29, 0.717) is 16.8 Å². The summed E-state index contributed by atoms with van der Waals surface area (Å²) < 4.78 is 24.9. The van der Waals surface area contributed by atoms with Gasteiger partial charge in [-0.2, -0.15) is 5.26 Å². The van der Waals surface area contributed by atoms with Gasteiger partial charge >= 0.3 is 0 Å². The molecule has 0 saturated heterocycles. The predicted octanol–water partition coefficient (Wildman–Crippen LogP) is 2.10. The number of nitrogens with one attached hydrogen (secondary N) is 2. The molecule has 0 bridgehead atoms. The molecule has 0 radical (unpaired) electrons. The second-order valence-electron chi connectivity index (χ2n) is 5.31. The van der Waals surface area contributed by atoms with Crippen LogP contribution in [0.3, 0.4) is 0 Å². The van der Waals surface area contributed by atoms with Crippen LogP contribution >= 0.6 is 11.6 Å². The first kappa shape index (κ1) is 18.6. The Morgan fingerprint density at radius 2 is 2.00 bits per heavy atom. The Morgan fingerprint density at radius 3 is 2.60 bits per heavy atom. The monoisotopic (exact) mass is 378 g/mol. The largest absolute Gasteiger partial charge is 0.398 e. The number of hydrogen-bond acceptors (Lipinski definition) is 5. The first-order chi connectivity index (χ1) is 11.7. The lowest BCUT2D eigenvalue weighted by molar-refractivity contribution is 0.0951. The van der Waals surface area contributed by atoms with Crippen LogP contribution in [-0.2, 0) is 16.6 Å². The fraction of sp³-hybridized carbons (Fsp3) is 0.125. The number of rotatable bonds is 5. The molecule has 0 unspecified atom stereocenters. The summed E-state index contributed by atoms with van der Waals surface area (Å²) >= 11 is 5.93. The molecule has 0 aliphatic rings. The van der Waals surface area contributed by atoms with Crippen molar-refractivity contribution in [3.63, 3.8) is 0 Å². The van der Waals surface area contributed by atoms with E-state index in [-0.39, 0.29) is 22.8 Å². The van der Waals surface area contributed by atoms with Crippen molar-refractivity contribution in [3.05, 3.63) is 58.1 Å². The van der Waals surface area contributed by atoms with Crippen LogP contribution in [0.1, 0.15) is 21.5 Å². The third kappa shape index (κ3) is 5.38. The van der Waals surface area contributed by atoms with E-state index in [2.05, 4.69) is 10.0 Å². The average Bonchev–Trinajstić information content (AvgIpc) is 2.51. The molecule has 2 aromatic rings. The van der Waals surface area contributed by atoms with Crippen LogP contribution in [0.25, 0.3) is 0 Å². The number of hydrogen-bond donors (Lipinski definition) is 3. The Hall–Kier alpha value is -2.76. The summed E-state index contributed by atoms with van der Waals surface area (Å²) in [4.78, 5) is 12.3. The number of amides is 1. The highest BCUT2D eigenvalue weighted by Crippen LogP contribution is 2.20. The zero-order valence-electron chi connectivity index (χ0n) is 13.2. The maximum absolute atomic E-state index is 12.3. The maximum atomic E-state index is 12.3. The molecule has 7 nitrogen and oxygen atoms in total. The molecule has 0 saturated carbocycles. The molecule has 0 aliphatic heterocycles. The summed E-state index contributed by atoms with van der Waals surface area (Å²) in [6.07, 6.45) is 1.00. The van der Waals surface area contributed by atoms with Crippen LogP contribution in [0.5, 0.6) is 0 Å². The number of benzene rings is 2. The number of halogens is 1. The van der Waals surface area contributed by atoms with Crippen molar-refractivity contribution in [3.8, 4) is 6.07 Å². The molecule has 0 atom stereocenters. The summed E-state index contributed by atoms with van der Waals surface area (Å²) in [5.41, 5.74) is 7.71. The van der Waals surface area contributed by atoms with E-state index < -0.39 is 15.9 Å². The molecule has 0 aromatic heterocycles. The molecule has 0 spiro atoms. The van der Waals surface area contributed by atoms with E-state index in [4.69, 9.17) is 22.6 Å². The molecule has 4 N–H and O–H groups in total. The smallest absolute Gasteiger partial charge is 0.251 e. The van der Waals surface area contributed by atoms with Gasteiger partial charge in [-0.25, -0.2) is 8.42 Å². The van der Waals surface area contributed by atoms with Gasteiger partial charge in [0, 0.05) is 22.8 Å². The molecular formula is C16H15ClN4O3S. The number of carbonyl (C=O) groups excluding carboxylic acids is 1. The Kier molecular flexibility index (Phi) is 5.51.